The summed E-state index contributed by atoms with van der Waals surface area (Å²) in [6.07, 6.45) is 10.9. The Labute approximate surface area is 171 Å². The van der Waals surface area contributed by atoms with Crippen LogP contribution in [0.2, 0.25) is 0 Å². The van der Waals surface area contributed by atoms with Crippen LogP contribution in [0.3, 0.4) is 0 Å². The summed E-state index contributed by atoms with van der Waals surface area (Å²) >= 11 is 0. The van der Waals surface area contributed by atoms with Crippen LogP contribution in [0.15, 0.2) is 0 Å². The molecule has 0 bridgehead atoms. The molecule has 0 unspecified atom stereocenters. The van der Waals surface area contributed by atoms with Crippen molar-refractivity contribution in [3.05, 3.63) is 0 Å². The van der Waals surface area contributed by atoms with E-state index in [2.05, 4.69) is 19.2 Å². The van der Waals surface area contributed by atoms with Crippen LogP contribution >= 0.6 is 0 Å². The second-order valence-electron chi connectivity index (χ2n) is 11.0. The highest BCUT2D eigenvalue weighted by Crippen LogP contribution is 2.67. The van der Waals surface area contributed by atoms with Gasteiger partial charge in [0.1, 0.15) is 0 Å². The predicted molar refractivity (Wildman–Crippen MR) is 111 cm³/mol. The van der Waals surface area contributed by atoms with E-state index in [1.807, 2.05) is 13.8 Å². The van der Waals surface area contributed by atoms with Gasteiger partial charge in [-0.25, -0.2) is 4.79 Å². The summed E-state index contributed by atoms with van der Waals surface area (Å²) in [5.74, 6) is 3.71. The maximum Gasteiger partial charge on any atom is 0.407 e. The standard InChI is InChI=1S/C24H41NO3/c1-5-28-22(27)25-17-10-12-23(3)16(14-17)6-7-18-20-9-8-19(15(2)26)24(20,4)13-11-21(18)23/h15-21,26H,5-14H2,1-4H3,(H,25,27)/t15-,16-,17+,18-,19+,20-,21-,23-,24+/m0/s1. The monoisotopic (exact) mass is 391 g/mol. The van der Waals surface area contributed by atoms with E-state index in [1.54, 1.807) is 0 Å². The number of hydrogen-bond acceptors (Lipinski definition) is 3. The number of hydrogen-bond donors (Lipinski definition) is 2. The quantitative estimate of drug-likeness (QED) is 0.700. The van der Waals surface area contributed by atoms with Gasteiger partial charge in [0, 0.05) is 6.04 Å². The minimum atomic E-state index is -0.242. The highest BCUT2D eigenvalue weighted by Gasteiger charge is 2.60. The fourth-order valence-corrected chi connectivity index (χ4v) is 8.56. The van der Waals surface area contributed by atoms with Crippen LogP contribution in [0.1, 0.15) is 85.5 Å². The normalized spacial score (nSPS) is 48.8. The number of amides is 1. The molecule has 2 N–H and O–H groups in total. The number of carbonyl (C=O) groups is 1. The summed E-state index contributed by atoms with van der Waals surface area (Å²) in [5.41, 5.74) is 0.779. The molecule has 160 valence electrons. The number of rotatable bonds is 3. The molecule has 4 rings (SSSR count). The molecule has 4 heteroatoms. The fraction of sp³-hybridized carbons (Fsp3) is 0.958. The number of aliphatic hydroxyl groups excluding tert-OH is 1. The molecular weight excluding hydrogens is 350 g/mol. The smallest absolute Gasteiger partial charge is 0.407 e. The van der Waals surface area contributed by atoms with Gasteiger partial charge < -0.3 is 15.2 Å². The van der Waals surface area contributed by atoms with E-state index in [-0.39, 0.29) is 18.2 Å². The SMILES string of the molecule is CCOC(=O)N[C@@H]1CC[C@@]2(C)[C@@H](CC[C@@H]3[C@@H]2CC[C@]2(C)[C@@H]([C@H](C)O)CC[C@@H]32)C1. The number of ether oxygens (including phenoxy) is 1. The zero-order valence-corrected chi connectivity index (χ0v) is 18.4. The Kier molecular flexibility index (Phi) is 5.48. The van der Waals surface area contributed by atoms with Crippen molar-refractivity contribution in [1.82, 2.24) is 5.32 Å². The van der Waals surface area contributed by atoms with Gasteiger partial charge in [-0.05, 0) is 112 Å². The van der Waals surface area contributed by atoms with Gasteiger partial charge in [0.2, 0.25) is 0 Å². The molecular formula is C24H41NO3. The van der Waals surface area contributed by atoms with E-state index >= 15 is 0 Å². The third kappa shape index (κ3) is 3.18. The number of nitrogens with one attached hydrogen (secondary N) is 1. The molecule has 0 aliphatic heterocycles. The molecule has 0 heterocycles. The molecule has 0 aromatic heterocycles. The van der Waals surface area contributed by atoms with Gasteiger partial charge >= 0.3 is 6.09 Å². The molecule has 0 saturated heterocycles. The zero-order valence-electron chi connectivity index (χ0n) is 18.4. The van der Waals surface area contributed by atoms with Gasteiger partial charge in [-0.3, -0.25) is 0 Å². The fourth-order valence-electron chi connectivity index (χ4n) is 8.56. The van der Waals surface area contributed by atoms with E-state index in [9.17, 15) is 9.90 Å². The van der Waals surface area contributed by atoms with Gasteiger partial charge in [-0.15, -0.1) is 0 Å². The minimum absolute atomic E-state index is 0.164. The molecule has 9 atom stereocenters. The summed E-state index contributed by atoms with van der Waals surface area (Å²) in [5, 5.41) is 13.5. The molecule has 0 radical (unpaired) electrons. The van der Waals surface area contributed by atoms with Gasteiger partial charge in [0.25, 0.3) is 0 Å². The van der Waals surface area contributed by atoms with Gasteiger partial charge in [0.15, 0.2) is 0 Å². The molecule has 0 spiro atoms. The van der Waals surface area contributed by atoms with Crippen LogP contribution in [-0.4, -0.2) is 30.0 Å². The molecule has 28 heavy (non-hydrogen) atoms. The zero-order chi connectivity index (χ0) is 20.1. The molecule has 0 aromatic carbocycles. The Morgan fingerprint density at radius 2 is 1.79 bits per heavy atom. The van der Waals surface area contributed by atoms with Gasteiger partial charge in [-0.2, -0.15) is 0 Å². The highest BCUT2D eigenvalue weighted by atomic mass is 16.5. The van der Waals surface area contributed by atoms with Crippen LogP contribution < -0.4 is 5.32 Å². The molecule has 4 nitrogen and oxygen atoms in total. The lowest BCUT2D eigenvalue weighted by atomic mass is 9.44. The third-order valence-corrected chi connectivity index (χ3v) is 9.92. The summed E-state index contributed by atoms with van der Waals surface area (Å²) < 4.78 is 5.11. The Hall–Kier alpha value is -0.770. The minimum Gasteiger partial charge on any atom is -0.450 e. The first-order chi connectivity index (χ1) is 13.3. The Balaban J connectivity index is 1.47. The van der Waals surface area contributed by atoms with E-state index < -0.39 is 0 Å². The van der Waals surface area contributed by atoms with Crippen molar-refractivity contribution in [2.24, 2.45) is 40.4 Å². The molecule has 4 aliphatic rings. The first-order valence-corrected chi connectivity index (χ1v) is 11.9. The molecule has 1 amide bonds. The average Bonchev–Trinajstić information content (AvgIpc) is 2.99. The Bertz CT molecular complexity index is 592. The summed E-state index contributed by atoms with van der Waals surface area (Å²) in [6, 6.07) is 0.286. The lowest BCUT2D eigenvalue weighted by Gasteiger charge is -2.61. The molecule has 4 saturated carbocycles. The van der Waals surface area contributed by atoms with Crippen molar-refractivity contribution in [1.29, 1.82) is 0 Å². The maximum atomic E-state index is 11.9. The van der Waals surface area contributed by atoms with E-state index in [4.69, 9.17) is 4.74 Å². The lowest BCUT2D eigenvalue weighted by molar-refractivity contribution is -0.121. The van der Waals surface area contributed by atoms with Crippen LogP contribution in [-0.2, 0) is 4.74 Å². The predicted octanol–water partition coefficient (Wildman–Crippen LogP) is 5.14. The number of alkyl carbamates (subject to hydrolysis) is 1. The van der Waals surface area contributed by atoms with E-state index in [1.165, 1.54) is 44.9 Å². The maximum absolute atomic E-state index is 11.9. The number of aliphatic hydroxyl groups is 1. The van der Waals surface area contributed by atoms with Crippen molar-refractivity contribution >= 4 is 6.09 Å². The molecule has 0 aromatic rings. The van der Waals surface area contributed by atoms with Crippen molar-refractivity contribution < 1.29 is 14.6 Å². The first kappa shape index (κ1) is 20.5. The number of fused-ring (bicyclic) bond motifs is 5. The first-order valence-electron chi connectivity index (χ1n) is 11.9. The Morgan fingerprint density at radius 1 is 1.07 bits per heavy atom. The topological polar surface area (TPSA) is 58.6 Å². The van der Waals surface area contributed by atoms with Crippen LogP contribution in [0, 0.1) is 40.4 Å². The van der Waals surface area contributed by atoms with Crippen molar-refractivity contribution in [2.75, 3.05) is 6.61 Å². The Morgan fingerprint density at radius 3 is 2.50 bits per heavy atom. The number of carbonyl (C=O) groups excluding carboxylic acids is 1. The van der Waals surface area contributed by atoms with Gasteiger partial charge in [-0.1, -0.05) is 13.8 Å². The molecule has 4 aliphatic carbocycles. The lowest BCUT2D eigenvalue weighted by Crippen LogP contribution is -2.55. The average molecular weight is 392 g/mol. The van der Waals surface area contributed by atoms with Gasteiger partial charge in [0.05, 0.1) is 12.7 Å². The van der Waals surface area contributed by atoms with Crippen LogP contribution in [0.25, 0.3) is 0 Å². The largest absolute Gasteiger partial charge is 0.450 e. The van der Waals surface area contributed by atoms with Crippen LogP contribution in [0.5, 0.6) is 0 Å². The summed E-state index contributed by atoms with van der Waals surface area (Å²) in [4.78, 5) is 11.9. The highest BCUT2D eigenvalue weighted by molar-refractivity contribution is 5.67. The molecule has 4 fully saturated rings. The van der Waals surface area contributed by atoms with E-state index in [0.29, 0.717) is 23.4 Å². The van der Waals surface area contributed by atoms with Crippen LogP contribution in [0.4, 0.5) is 4.79 Å². The second kappa shape index (κ2) is 7.49. The third-order valence-electron chi connectivity index (χ3n) is 9.92. The summed E-state index contributed by atoms with van der Waals surface area (Å²) in [6.45, 7) is 9.38. The van der Waals surface area contributed by atoms with Crippen molar-refractivity contribution in [2.45, 2.75) is 97.6 Å². The van der Waals surface area contributed by atoms with Crippen molar-refractivity contribution in [3.63, 3.8) is 0 Å². The van der Waals surface area contributed by atoms with E-state index in [0.717, 1.165) is 36.5 Å². The second-order valence-corrected chi connectivity index (χ2v) is 11.0. The van der Waals surface area contributed by atoms with Crippen molar-refractivity contribution in [3.8, 4) is 0 Å². The summed E-state index contributed by atoms with van der Waals surface area (Å²) in [7, 11) is 0.